The van der Waals surface area contributed by atoms with Crippen LogP contribution in [0.5, 0.6) is 5.75 Å². The van der Waals surface area contributed by atoms with Crippen LogP contribution < -0.4 is 4.74 Å². The van der Waals surface area contributed by atoms with Crippen LogP contribution in [0.3, 0.4) is 0 Å². The van der Waals surface area contributed by atoms with E-state index in [0.29, 0.717) is 12.2 Å². The fourth-order valence-electron chi connectivity index (χ4n) is 2.26. The summed E-state index contributed by atoms with van der Waals surface area (Å²) in [6.07, 6.45) is 1.98. The van der Waals surface area contributed by atoms with E-state index in [1.54, 1.807) is 18.2 Å². The van der Waals surface area contributed by atoms with Crippen LogP contribution in [0.4, 0.5) is 0 Å². The summed E-state index contributed by atoms with van der Waals surface area (Å²) in [5.41, 5.74) is 2.28. The Morgan fingerprint density at radius 3 is 2.86 bits per heavy atom. The maximum atomic E-state index is 11.6. The van der Waals surface area contributed by atoms with Crippen molar-refractivity contribution in [2.75, 3.05) is 13.7 Å². The highest BCUT2D eigenvalue weighted by molar-refractivity contribution is 5.91. The van der Waals surface area contributed by atoms with Crippen molar-refractivity contribution in [3.63, 3.8) is 0 Å². The second-order valence-corrected chi connectivity index (χ2v) is 4.45. The van der Waals surface area contributed by atoms with Gasteiger partial charge < -0.3 is 14.0 Å². The second-order valence-electron chi connectivity index (χ2n) is 4.45. The molecule has 112 valence electrons. The van der Waals surface area contributed by atoms with Gasteiger partial charge in [-0.3, -0.25) is 0 Å². The predicted molar refractivity (Wildman–Crippen MR) is 80.6 cm³/mol. The van der Waals surface area contributed by atoms with Crippen LogP contribution in [0.1, 0.15) is 29.9 Å². The molecule has 1 aliphatic heterocycles. The number of hydrogen-bond donors (Lipinski definition) is 0. The number of imidazole rings is 1. The Morgan fingerprint density at radius 2 is 2.14 bits per heavy atom. The van der Waals surface area contributed by atoms with E-state index in [4.69, 9.17) is 9.47 Å². The van der Waals surface area contributed by atoms with Crippen LogP contribution >= 0.6 is 0 Å². The third kappa shape index (κ3) is 2.91. The number of esters is 1. The molecular weight excluding hydrogens is 268 g/mol. The van der Waals surface area contributed by atoms with Crippen LogP contribution in [-0.2, 0) is 11.3 Å². The summed E-state index contributed by atoms with van der Waals surface area (Å²) in [5.74, 6) is 1.22. The summed E-state index contributed by atoms with van der Waals surface area (Å²) in [5, 5.41) is 0. The molecule has 2 heterocycles. The zero-order chi connectivity index (χ0) is 15.4. The molecule has 5 heteroatoms. The van der Waals surface area contributed by atoms with Gasteiger partial charge in [0, 0.05) is 6.20 Å². The van der Waals surface area contributed by atoms with Gasteiger partial charge in [-0.15, -0.1) is 0 Å². The summed E-state index contributed by atoms with van der Waals surface area (Å²) < 4.78 is 12.5. The summed E-state index contributed by atoms with van der Waals surface area (Å²) in [4.78, 5) is 16.1. The van der Waals surface area contributed by atoms with Gasteiger partial charge >= 0.3 is 5.97 Å². The maximum absolute atomic E-state index is 11.6. The molecule has 0 unspecified atom stereocenters. The van der Waals surface area contributed by atoms with E-state index in [-0.39, 0.29) is 5.97 Å². The first-order chi connectivity index (χ1) is 10.2. The largest absolute Gasteiger partial charge is 0.491 e. The third-order valence-corrected chi connectivity index (χ3v) is 3.13. The standard InChI is InChI=1S/C14H14N2O3.C2H6/c1-9-8-16-5-6-19-12-4-3-10(14(17)18-2)7-11(12)13(16)15-9;1-2/h3-4,7-8H,5-6H2,1-2H3;1-2H3. The zero-order valence-electron chi connectivity index (χ0n) is 12.8. The van der Waals surface area contributed by atoms with Crippen LogP contribution in [0.15, 0.2) is 24.4 Å². The minimum absolute atomic E-state index is 0.359. The van der Waals surface area contributed by atoms with Crippen molar-refractivity contribution in [1.82, 2.24) is 9.55 Å². The molecule has 0 saturated carbocycles. The van der Waals surface area contributed by atoms with Crippen LogP contribution in [-0.4, -0.2) is 29.2 Å². The maximum Gasteiger partial charge on any atom is 0.337 e. The van der Waals surface area contributed by atoms with Gasteiger partial charge in [-0.2, -0.15) is 0 Å². The van der Waals surface area contributed by atoms with Gasteiger partial charge in [-0.05, 0) is 25.1 Å². The lowest BCUT2D eigenvalue weighted by molar-refractivity contribution is 0.0601. The highest BCUT2D eigenvalue weighted by Crippen LogP contribution is 2.32. The first-order valence-corrected chi connectivity index (χ1v) is 7.08. The summed E-state index contributed by atoms with van der Waals surface area (Å²) in [6.45, 7) is 7.29. The van der Waals surface area contributed by atoms with E-state index in [1.165, 1.54) is 7.11 Å². The predicted octanol–water partition coefficient (Wildman–Crippen LogP) is 3.06. The van der Waals surface area contributed by atoms with Gasteiger partial charge in [0.2, 0.25) is 0 Å². The molecule has 0 spiro atoms. The van der Waals surface area contributed by atoms with Crippen molar-refractivity contribution in [3.8, 4) is 17.1 Å². The Morgan fingerprint density at radius 1 is 1.38 bits per heavy atom. The topological polar surface area (TPSA) is 53.3 Å². The van der Waals surface area contributed by atoms with Crippen LogP contribution in [0.25, 0.3) is 11.4 Å². The molecule has 1 aliphatic rings. The summed E-state index contributed by atoms with van der Waals surface area (Å²) in [6, 6.07) is 5.27. The average molecular weight is 288 g/mol. The molecular formula is C16H20N2O3. The molecule has 0 radical (unpaired) electrons. The van der Waals surface area contributed by atoms with Gasteiger partial charge in [-0.25, -0.2) is 9.78 Å². The monoisotopic (exact) mass is 288 g/mol. The second kappa shape index (κ2) is 6.43. The SMILES string of the molecule is CC.COC(=O)c1ccc2c(c1)-c1nc(C)cn1CCO2. The van der Waals surface area contributed by atoms with E-state index >= 15 is 0 Å². The molecule has 5 nitrogen and oxygen atoms in total. The molecule has 0 bridgehead atoms. The number of hydrogen-bond acceptors (Lipinski definition) is 4. The lowest BCUT2D eigenvalue weighted by atomic mass is 10.1. The first-order valence-electron chi connectivity index (χ1n) is 7.08. The van der Waals surface area contributed by atoms with Gasteiger partial charge in [-0.1, -0.05) is 13.8 Å². The molecule has 0 N–H and O–H groups in total. The Kier molecular flexibility index (Phi) is 4.62. The normalized spacial score (nSPS) is 12.0. The number of fused-ring (bicyclic) bond motifs is 3. The molecule has 0 atom stereocenters. The molecule has 21 heavy (non-hydrogen) atoms. The Balaban J connectivity index is 0.000000774. The van der Waals surface area contributed by atoms with Crippen molar-refractivity contribution in [1.29, 1.82) is 0 Å². The molecule has 1 aromatic carbocycles. The van der Waals surface area contributed by atoms with Crippen molar-refractivity contribution in [3.05, 3.63) is 35.7 Å². The highest BCUT2D eigenvalue weighted by atomic mass is 16.5. The third-order valence-electron chi connectivity index (χ3n) is 3.13. The quantitative estimate of drug-likeness (QED) is 0.757. The first kappa shape index (κ1) is 15.1. The van der Waals surface area contributed by atoms with Gasteiger partial charge in [0.05, 0.1) is 30.5 Å². The van der Waals surface area contributed by atoms with E-state index in [2.05, 4.69) is 4.98 Å². The number of carbonyl (C=O) groups is 1. The molecule has 1 aromatic heterocycles. The Bertz CT molecular complexity index is 647. The lowest BCUT2D eigenvalue weighted by Crippen LogP contribution is -2.04. The van der Waals surface area contributed by atoms with E-state index in [1.807, 2.05) is 31.5 Å². The molecule has 0 aliphatic carbocycles. The van der Waals surface area contributed by atoms with Crippen molar-refractivity contribution in [2.45, 2.75) is 27.3 Å². The minimum atomic E-state index is -0.359. The van der Waals surface area contributed by atoms with Gasteiger partial charge in [0.1, 0.15) is 18.2 Å². The van der Waals surface area contributed by atoms with E-state index < -0.39 is 0 Å². The smallest absolute Gasteiger partial charge is 0.337 e. The van der Waals surface area contributed by atoms with Crippen LogP contribution in [0.2, 0.25) is 0 Å². The van der Waals surface area contributed by atoms with Gasteiger partial charge in [0.15, 0.2) is 0 Å². The Labute approximate surface area is 124 Å². The molecule has 3 rings (SSSR count). The number of carbonyl (C=O) groups excluding carboxylic acids is 1. The fraction of sp³-hybridized carbons (Fsp3) is 0.375. The molecule has 2 aromatic rings. The number of benzene rings is 1. The number of ether oxygens (including phenoxy) is 2. The molecule has 0 saturated heterocycles. The number of nitrogens with zero attached hydrogens (tertiary/aromatic N) is 2. The number of methoxy groups -OCH3 is 1. The zero-order valence-corrected chi connectivity index (χ0v) is 12.8. The van der Waals surface area contributed by atoms with Crippen LogP contribution in [0, 0.1) is 6.92 Å². The Hall–Kier alpha value is -2.30. The number of aryl methyl sites for hydroxylation is 1. The van der Waals surface area contributed by atoms with Crippen molar-refractivity contribution in [2.24, 2.45) is 0 Å². The molecule has 0 amide bonds. The molecule has 0 fully saturated rings. The summed E-state index contributed by atoms with van der Waals surface area (Å²) in [7, 11) is 1.37. The van der Waals surface area contributed by atoms with E-state index in [9.17, 15) is 4.79 Å². The average Bonchev–Trinajstić information content (AvgIpc) is 2.81. The fourth-order valence-corrected chi connectivity index (χ4v) is 2.26. The van der Waals surface area contributed by atoms with Gasteiger partial charge in [0.25, 0.3) is 0 Å². The highest BCUT2D eigenvalue weighted by Gasteiger charge is 2.19. The van der Waals surface area contributed by atoms with E-state index in [0.717, 1.165) is 29.4 Å². The summed E-state index contributed by atoms with van der Waals surface area (Å²) >= 11 is 0. The number of aromatic nitrogens is 2. The van der Waals surface area contributed by atoms with Crippen molar-refractivity contribution >= 4 is 5.97 Å². The lowest BCUT2D eigenvalue weighted by Gasteiger charge is -2.07. The van der Waals surface area contributed by atoms with Crippen molar-refractivity contribution < 1.29 is 14.3 Å². The number of rotatable bonds is 1. The minimum Gasteiger partial charge on any atom is -0.491 e.